The molecule has 0 aliphatic rings. The fourth-order valence-electron chi connectivity index (χ4n) is 1.49. The maximum absolute atomic E-state index is 6.10. The predicted octanol–water partition coefficient (Wildman–Crippen LogP) is 5.32. The lowest BCUT2D eigenvalue weighted by atomic mass is 10.2. The van der Waals surface area contributed by atoms with E-state index in [2.05, 4.69) is 32.4 Å². The third-order valence-corrected chi connectivity index (χ3v) is 7.56. The summed E-state index contributed by atoms with van der Waals surface area (Å²) >= 11 is 5.58. The van der Waals surface area contributed by atoms with Crippen LogP contribution in [0.4, 0.5) is 0 Å². The van der Waals surface area contributed by atoms with Crippen LogP contribution in [0.2, 0.25) is 0 Å². The van der Waals surface area contributed by atoms with Crippen LogP contribution >= 0.6 is 15.2 Å². The SMILES string of the molecule is CCN(CC)P(OCC(C)C)OP(=S)(OC(C)C)OC(C)C. The third-order valence-electron chi connectivity index (χ3n) is 2.33. The van der Waals surface area contributed by atoms with E-state index in [9.17, 15) is 0 Å². The van der Waals surface area contributed by atoms with Crippen molar-refractivity contribution in [2.45, 2.75) is 67.6 Å². The van der Waals surface area contributed by atoms with E-state index in [1.165, 1.54) is 0 Å². The van der Waals surface area contributed by atoms with Crippen LogP contribution in [0.1, 0.15) is 55.4 Å². The Hall–Kier alpha value is 0.880. The molecule has 5 nitrogen and oxygen atoms in total. The summed E-state index contributed by atoms with van der Waals surface area (Å²) in [7, 11) is -1.28. The van der Waals surface area contributed by atoms with E-state index in [0.29, 0.717) is 12.5 Å². The summed E-state index contributed by atoms with van der Waals surface area (Å²) in [6.45, 7) is 15.6. The van der Waals surface area contributed by atoms with Crippen LogP contribution in [-0.4, -0.2) is 36.6 Å². The van der Waals surface area contributed by atoms with Gasteiger partial charge in [0, 0.05) is 13.1 Å². The van der Waals surface area contributed by atoms with E-state index in [1.807, 2.05) is 27.7 Å². The standard InChI is InChI=1S/C14H33NO4P2S/c1-9-15(10-2)20(16-11-12(3)4)19-21(22,17-13(5)6)18-14(7)8/h12-14H,9-11H2,1-8H3. The molecule has 0 bridgehead atoms. The molecule has 0 aromatic heterocycles. The summed E-state index contributed by atoms with van der Waals surface area (Å²) in [6, 6.07) is 0. The summed E-state index contributed by atoms with van der Waals surface area (Å²) in [4.78, 5) is 0. The highest BCUT2D eigenvalue weighted by molar-refractivity contribution is 8.08. The second kappa shape index (κ2) is 11.4. The van der Waals surface area contributed by atoms with Crippen molar-refractivity contribution in [3.05, 3.63) is 0 Å². The zero-order chi connectivity index (χ0) is 17.3. The highest BCUT2D eigenvalue weighted by atomic mass is 32.5. The molecule has 0 fully saturated rings. The molecule has 1 atom stereocenters. The number of hydrogen-bond donors (Lipinski definition) is 0. The molecule has 0 aromatic carbocycles. The monoisotopic (exact) mass is 373 g/mol. The Balaban J connectivity index is 5.11. The molecule has 0 heterocycles. The predicted molar refractivity (Wildman–Crippen MR) is 98.4 cm³/mol. The van der Waals surface area contributed by atoms with Gasteiger partial charge >= 0.3 is 6.72 Å². The van der Waals surface area contributed by atoms with Gasteiger partial charge in [-0.3, -0.25) is 0 Å². The van der Waals surface area contributed by atoms with Gasteiger partial charge < -0.3 is 13.6 Å². The lowest BCUT2D eigenvalue weighted by molar-refractivity contribution is 0.132. The first-order valence-corrected chi connectivity index (χ1v) is 11.7. The molecule has 0 spiro atoms. The van der Waals surface area contributed by atoms with Gasteiger partial charge in [0.15, 0.2) is 0 Å². The van der Waals surface area contributed by atoms with E-state index >= 15 is 0 Å². The van der Waals surface area contributed by atoms with Crippen LogP contribution < -0.4 is 0 Å². The van der Waals surface area contributed by atoms with Crippen molar-refractivity contribution in [2.75, 3.05) is 19.7 Å². The quantitative estimate of drug-likeness (QED) is 0.431. The number of rotatable bonds is 12. The van der Waals surface area contributed by atoms with Gasteiger partial charge in [0.1, 0.15) is 0 Å². The average molecular weight is 373 g/mol. The second-order valence-electron chi connectivity index (χ2n) is 5.90. The van der Waals surface area contributed by atoms with Crippen molar-refractivity contribution >= 4 is 27.1 Å². The summed E-state index contributed by atoms with van der Waals surface area (Å²) in [5.74, 6) is 0.430. The first-order valence-electron chi connectivity index (χ1n) is 7.97. The zero-order valence-corrected chi connectivity index (χ0v) is 17.8. The van der Waals surface area contributed by atoms with E-state index in [4.69, 9.17) is 29.7 Å². The Morgan fingerprint density at radius 1 is 0.955 bits per heavy atom. The lowest BCUT2D eigenvalue weighted by Crippen LogP contribution is -2.21. The summed E-state index contributed by atoms with van der Waals surface area (Å²) in [5, 5.41) is 0. The molecule has 0 N–H and O–H groups in total. The van der Waals surface area contributed by atoms with Crippen LogP contribution in [0.5, 0.6) is 0 Å². The molecule has 134 valence electrons. The topological polar surface area (TPSA) is 40.2 Å². The first-order chi connectivity index (χ1) is 10.1. The van der Waals surface area contributed by atoms with Gasteiger partial charge in [-0.2, -0.15) is 0 Å². The van der Waals surface area contributed by atoms with Crippen molar-refractivity contribution in [3.63, 3.8) is 0 Å². The first kappa shape index (κ1) is 22.9. The molecule has 1 unspecified atom stereocenters. The van der Waals surface area contributed by atoms with E-state index in [0.717, 1.165) is 13.1 Å². The Morgan fingerprint density at radius 3 is 1.73 bits per heavy atom. The van der Waals surface area contributed by atoms with Gasteiger partial charge in [0.05, 0.1) is 18.8 Å². The Labute approximate surface area is 143 Å². The maximum Gasteiger partial charge on any atom is 0.333 e. The van der Waals surface area contributed by atoms with Gasteiger partial charge in [-0.25, -0.2) is 8.98 Å². The third kappa shape index (κ3) is 9.89. The highest BCUT2D eigenvalue weighted by Gasteiger charge is 2.32. The molecule has 0 aliphatic carbocycles. The Bertz CT molecular complexity index is 325. The summed E-state index contributed by atoms with van der Waals surface area (Å²) < 4.78 is 25.8. The minimum absolute atomic E-state index is 0.0526. The largest absolute Gasteiger partial charge is 0.333 e. The van der Waals surface area contributed by atoms with Gasteiger partial charge in [-0.05, 0) is 45.4 Å². The van der Waals surface area contributed by atoms with Crippen molar-refractivity contribution in [2.24, 2.45) is 5.92 Å². The normalized spacial score (nSPS) is 14.5. The Kier molecular flexibility index (Phi) is 11.9. The minimum atomic E-state index is -2.83. The van der Waals surface area contributed by atoms with Crippen LogP contribution in [0.3, 0.4) is 0 Å². The van der Waals surface area contributed by atoms with Crippen molar-refractivity contribution < 1.29 is 17.9 Å². The van der Waals surface area contributed by atoms with Gasteiger partial charge in [-0.15, -0.1) is 0 Å². The zero-order valence-electron chi connectivity index (χ0n) is 15.2. The van der Waals surface area contributed by atoms with E-state index in [-0.39, 0.29) is 12.2 Å². The Morgan fingerprint density at radius 2 is 1.41 bits per heavy atom. The molecule has 0 amide bonds. The summed E-state index contributed by atoms with van der Waals surface area (Å²) in [5.41, 5.74) is 0. The van der Waals surface area contributed by atoms with Crippen molar-refractivity contribution in [1.82, 2.24) is 4.67 Å². The van der Waals surface area contributed by atoms with E-state index < -0.39 is 15.2 Å². The van der Waals surface area contributed by atoms with Gasteiger partial charge in [0.2, 0.25) is 0 Å². The van der Waals surface area contributed by atoms with Crippen LogP contribution in [-0.2, 0) is 29.7 Å². The number of hydrogen-bond acceptors (Lipinski definition) is 6. The smallest absolute Gasteiger partial charge is 0.321 e. The molecule has 0 radical (unpaired) electrons. The van der Waals surface area contributed by atoms with Crippen LogP contribution in [0.25, 0.3) is 0 Å². The molecule has 8 heteroatoms. The fraction of sp³-hybridized carbons (Fsp3) is 1.00. The van der Waals surface area contributed by atoms with Crippen molar-refractivity contribution in [1.29, 1.82) is 0 Å². The maximum atomic E-state index is 6.10. The second-order valence-corrected chi connectivity index (χ2v) is 10.5. The molecule has 0 aromatic rings. The summed E-state index contributed by atoms with van der Waals surface area (Å²) in [6.07, 6.45) is -0.105. The molecule has 22 heavy (non-hydrogen) atoms. The van der Waals surface area contributed by atoms with Crippen LogP contribution in [0.15, 0.2) is 0 Å². The average Bonchev–Trinajstić information content (AvgIpc) is 2.34. The van der Waals surface area contributed by atoms with Gasteiger partial charge in [0.25, 0.3) is 8.53 Å². The minimum Gasteiger partial charge on any atom is -0.321 e. The van der Waals surface area contributed by atoms with Crippen molar-refractivity contribution in [3.8, 4) is 0 Å². The molecule has 0 rings (SSSR count). The highest BCUT2D eigenvalue weighted by Crippen LogP contribution is 2.63. The molecule has 0 saturated heterocycles. The molecule has 0 aliphatic heterocycles. The van der Waals surface area contributed by atoms with E-state index in [1.54, 1.807) is 0 Å². The molecule has 0 saturated carbocycles. The lowest BCUT2D eigenvalue weighted by Gasteiger charge is -2.33. The number of nitrogens with zero attached hydrogens (tertiary/aromatic N) is 1. The van der Waals surface area contributed by atoms with Crippen LogP contribution in [0, 0.1) is 5.92 Å². The fourth-order valence-corrected chi connectivity index (χ4v) is 6.76. The molecular formula is C14H33NO4P2S. The van der Waals surface area contributed by atoms with Gasteiger partial charge in [-0.1, -0.05) is 27.7 Å². The molecular weight excluding hydrogens is 340 g/mol.